The van der Waals surface area contributed by atoms with E-state index in [4.69, 9.17) is 4.98 Å². The summed E-state index contributed by atoms with van der Waals surface area (Å²) in [6.07, 6.45) is 2.03. The van der Waals surface area contributed by atoms with Crippen LogP contribution in [0, 0.1) is 0 Å². The SMILES string of the molecule is CCC[C@@H](NC(=O)C[NH+]1CC[NH+](Cc2nc3ccccc3s2)CC1)c1ccccc1. The third kappa shape index (κ3) is 5.45. The van der Waals surface area contributed by atoms with Crippen molar-refractivity contribution >= 4 is 27.5 Å². The average Bonchev–Trinajstić information content (AvgIpc) is 3.18. The monoisotopic (exact) mass is 424 g/mol. The highest BCUT2D eigenvalue weighted by atomic mass is 32.1. The Bertz CT molecular complexity index is 917. The summed E-state index contributed by atoms with van der Waals surface area (Å²) in [6, 6.07) is 18.8. The van der Waals surface area contributed by atoms with Gasteiger partial charge in [-0.2, -0.15) is 0 Å². The van der Waals surface area contributed by atoms with Crippen molar-refractivity contribution in [2.75, 3.05) is 32.7 Å². The number of para-hydroxylation sites is 1. The van der Waals surface area contributed by atoms with E-state index in [1.54, 1.807) is 4.90 Å². The molecule has 1 saturated heterocycles. The van der Waals surface area contributed by atoms with Crippen LogP contribution in [-0.4, -0.2) is 43.6 Å². The van der Waals surface area contributed by atoms with E-state index < -0.39 is 0 Å². The summed E-state index contributed by atoms with van der Waals surface area (Å²) in [6.45, 7) is 7.99. The number of nitrogens with zero attached hydrogens (tertiary/aromatic N) is 1. The second-order valence-corrected chi connectivity index (χ2v) is 9.36. The number of nitrogens with one attached hydrogen (secondary N) is 3. The van der Waals surface area contributed by atoms with E-state index >= 15 is 0 Å². The van der Waals surface area contributed by atoms with Crippen LogP contribution < -0.4 is 15.1 Å². The van der Waals surface area contributed by atoms with Crippen LogP contribution in [0.25, 0.3) is 10.2 Å². The molecule has 4 rings (SSSR count). The van der Waals surface area contributed by atoms with Gasteiger partial charge in [-0.3, -0.25) is 4.79 Å². The zero-order chi connectivity index (χ0) is 20.8. The largest absolute Gasteiger partial charge is 0.344 e. The van der Waals surface area contributed by atoms with Crippen LogP contribution in [-0.2, 0) is 11.3 Å². The van der Waals surface area contributed by atoms with Crippen LogP contribution in [0.4, 0.5) is 0 Å². The number of thiazole rings is 1. The third-order valence-electron chi connectivity index (χ3n) is 5.93. The first-order valence-corrected chi connectivity index (χ1v) is 11.9. The number of fused-ring (bicyclic) bond motifs is 1. The minimum absolute atomic E-state index is 0.119. The van der Waals surface area contributed by atoms with Gasteiger partial charge in [0.1, 0.15) is 37.7 Å². The maximum absolute atomic E-state index is 12.7. The van der Waals surface area contributed by atoms with E-state index in [1.807, 2.05) is 29.5 Å². The number of piperazine rings is 1. The second kappa shape index (κ2) is 10.2. The van der Waals surface area contributed by atoms with E-state index in [9.17, 15) is 4.79 Å². The summed E-state index contributed by atoms with van der Waals surface area (Å²) in [5, 5.41) is 4.49. The van der Waals surface area contributed by atoms with Crippen LogP contribution in [0.1, 0.15) is 36.4 Å². The number of hydrogen-bond donors (Lipinski definition) is 3. The smallest absolute Gasteiger partial charge is 0.275 e. The fourth-order valence-electron chi connectivity index (χ4n) is 4.29. The molecule has 1 atom stereocenters. The standard InChI is InChI=1S/C24H30N4OS/c1-2-8-20(19-9-4-3-5-10-19)25-23(29)17-27-13-15-28(16-14-27)18-24-26-21-11-6-7-12-22(21)30-24/h3-7,9-12,20H,2,8,13-18H2,1H3,(H,25,29)/p+2/t20-/m1/s1. The number of carbonyl (C=O) groups is 1. The molecule has 1 amide bonds. The second-order valence-electron chi connectivity index (χ2n) is 8.25. The molecule has 2 aromatic carbocycles. The Morgan fingerprint density at radius 1 is 1.03 bits per heavy atom. The molecule has 1 aliphatic rings. The van der Waals surface area contributed by atoms with Gasteiger partial charge in [0.2, 0.25) is 0 Å². The predicted octanol–water partition coefficient (Wildman–Crippen LogP) is 1.24. The molecule has 5 nitrogen and oxygen atoms in total. The molecule has 0 saturated carbocycles. The minimum Gasteiger partial charge on any atom is -0.344 e. The lowest BCUT2D eigenvalue weighted by Gasteiger charge is -2.29. The molecule has 0 bridgehead atoms. The number of amides is 1. The van der Waals surface area contributed by atoms with E-state index in [1.165, 1.54) is 20.2 Å². The molecule has 1 fully saturated rings. The van der Waals surface area contributed by atoms with Crippen LogP contribution in [0.5, 0.6) is 0 Å². The van der Waals surface area contributed by atoms with Crippen molar-refractivity contribution in [3.63, 3.8) is 0 Å². The zero-order valence-corrected chi connectivity index (χ0v) is 18.5. The molecule has 1 aliphatic heterocycles. The van der Waals surface area contributed by atoms with Gasteiger partial charge in [0, 0.05) is 0 Å². The van der Waals surface area contributed by atoms with Gasteiger partial charge in [0.25, 0.3) is 5.91 Å². The van der Waals surface area contributed by atoms with Crippen molar-refractivity contribution in [2.45, 2.75) is 32.4 Å². The maximum Gasteiger partial charge on any atom is 0.275 e. The maximum atomic E-state index is 12.7. The van der Waals surface area contributed by atoms with Crippen molar-refractivity contribution in [1.29, 1.82) is 0 Å². The first-order chi connectivity index (χ1) is 14.7. The zero-order valence-electron chi connectivity index (χ0n) is 17.7. The lowest BCUT2D eigenvalue weighted by atomic mass is 10.0. The summed E-state index contributed by atoms with van der Waals surface area (Å²) >= 11 is 1.81. The van der Waals surface area contributed by atoms with Gasteiger partial charge in [0.15, 0.2) is 6.54 Å². The molecule has 0 spiro atoms. The average molecular weight is 425 g/mol. The molecule has 3 N–H and O–H groups in total. The van der Waals surface area contributed by atoms with Gasteiger partial charge in [-0.25, -0.2) is 4.98 Å². The summed E-state index contributed by atoms with van der Waals surface area (Å²) in [7, 11) is 0. The number of rotatable bonds is 8. The third-order valence-corrected chi connectivity index (χ3v) is 6.97. The van der Waals surface area contributed by atoms with Gasteiger partial charge in [-0.1, -0.05) is 55.8 Å². The minimum atomic E-state index is 0.119. The van der Waals surface area contributed by atoms with Gasteiger partial charge in [-0.15, -0.1) is 11.3 Å². The molecule has 3 aromatic rings. The van der Waals surface area contributed by atoms with Crippen LogP contribution >= 0.6 is 11.3 Å². The highest BCUT2D eigenvalue weighted by Gasteiger charge is 2.26. The predicted molar refractivity (Wildman–Crippen MR) is 122 cm³/mol. The number of carbonyl (C=O) groups excluding carboxylic acids is 1. The molecule has 0 aliphatic carbocycles. The number of aromatic nitrogens is 1. The molecule has 0 radical (unpaired) electrons. The fraction of sp³-hybridized carbons (Fsp3) is 0.417. The highest BCUT2D eigenvalue weighted by Crippen LogP contribution is 2.20. The lowest BCUT2D eigenvalue weighted by Crippen LogP contribution is -3.28. The van der Waals surface area contributed by atoms with Crippen LogP contribution in [0.3, 0.4) is 0 Å². The Morgan fingerprint density at radius 3 is 2.47 bits per heavy atom. The van der Waals surface area contributed by atoms with E-state index in [2.05, 4.69) is 48.6 Å². The Morgan fingerprint density at radius 2 is 1.73 bits per heavy atom. The molecular weight excluding hydrogens is 392 g/mol. The first-order valence-electron chi connectivity index (χ1n) is 11.1. The van der Waals surface area contributed by atoms with Crippen molar-refractivity contribution in [2.24, 2.45) is 0 Å². The van der Waals surface area contributed by atoms with Gasteiger partial charge < -0.3 is 15.1 Å². The normalized spacial score (nSPS) is 20.2. The van der Waals surface area contributed by atoms with Crippen molar-refractivity contribution in [1.82, 2.24) is 10.3 Å². The Hall–Kier alpha value is -2.28. The Kier molecular flexibility index (Phi) is 7.10. The number of benzene rings is 2. The quantitative estimate of drug-likeness (QED) is 0.510. The van der Waals surface area contributed by atoms with E-state index in [-0.39, 0.29) is 11.9 Å². The number of hydrogen-bond acceptors (Lipinski definition) is 3. The lowest BCUT2D eigenvalue weighted by molar-refractivity contribution is -1.02. The molecule has 6 heteroatoms. The van der Waals surface area contributed by atoms with Gasteiger partial charge in [-0.05, 0) is 24.1 Å². The topological polar surface area (TPSA) is 50.9 Å². The summed E-state index contributed by atoms with van der Waals surface area (Å²) in [5.74, 6) is 0.168. The van der Waals surface area contributed by atoms with Crippen LogP contribution in [0.15, 0.2) is 54.6 Å². The molecule has 2 heterocycles. The first kappa shape index (κ1) is 21.0. The van der Waals surface area contributed by atoms with E-state index in [0.29, 0.717) is 6.54 Å². The summed E-state index contributed by atoms with van der Waals surface area (Å²) in [5.41, 5.74) is 2.31. The van der Waals surface area contributed by atoms with Crippen LogP contribution in [0.2, 0.25) is 0 Å². The Balaban J connectivity index is 1.25. The summed E-state index contributed by atoms with van der Waals surface area (Å²) in [4.78, 5) is 20.4. The van der Waals surface area contributed by atoms with Gasteiger partial charge >= 0.3 is 0 Å². The van der Waals surface area contributed by atoms with Gasteiger partial charge in [0.05, 0.1) is 16.3 Å². The molecule has 30 heavy (non-hydrogen) atoms. The fourth-order valence-corrected chi connectivity index (χ4v) is 5.33. The molecular formula is C24H32N4OS+2. The number of quaternary nitrogens is 2. The molecule has 0 unspecified atom stereocenters. The Labute approximate surface area is 182 Å². The molecule has 1 aromatic heterocycles. The molecule has 158 valence electrons. The van der Waals surface area contributed by atoms with Crippen molar-refractivity contribution in [3.05, 3.63) is 65.2 Å². The van der Waals surface area contributed by atoms with E-state index in [0.717, 1.165) is 51.1 Å². The van der Waals surface area contributed by atoms with Crippen molar-refractivity contribution in [3.8, 4) is 0 Å². The highest BCUT2D eigenvalue weighted by molar-refractivity contribution is 7.18. The van der Waals surface area contributed by atoms with Crippen molar-refractivity contribution < 1.29 is 14.6 Å². The summed E-state index contributed by atoms with van der Waals surface area (Å²) < 4.78 is 1.27.